The molecular formula is C10H19NO. The van der Waals surface area contributed by atoms with Gasteiger partial charge in [0.2, 0.25) is 0 Å². The van der Waals surface area contributed by atoms with Gasteiger partial charge in [0.25, 0.3) is 0 Å². The summed E-state index contributed by atoms with van der Waals surface area (Å²) < 4.78 is 0. The van der Waals surface area contributed by atoms with Crippen LogP contribution >= 0.6 is 0 Å². The summed E-state index contributed by atoms with van der Waals surface area (Å²) in [6.45, 7) is 2.59. The van der Waals surface area contributed by atoms with Crippen molar-refractivity contribution in [3.8, 4) is 0 Å². The van der Waals surface area contributed by atoms with E-state index in [2.05, 4.69) is 5.32 Å². The quantitative estimate of drug-likeness (QED) is 0.650. The van der Waals surface area contributed by atoms with E-state index in [-0.39, 0.29) is 5.41 Å². The fraction of sp³-hybridized carbons (Fsp3) is 1.00. The molecule has 2 N–H and O–H groups in total. The smallest absolute Gasteiger partial charge is 0.0502 e. The van der Waals surface area contributed by atoms with Gasteiger partial charge in [0.1, 0.15) is 0 Å². The molecular weight excluding hydrogens is 150 g/mol. The van der Waals surface area contributed by atoms with Crippen molar-refractivity contribution >= 4 is 0 Å². The molecule has 2 fully saturated rings. The molecule has 70 valence electrons. The van der Waals surface area contributed by atoms with E-state index in [1.165, 1.54) is 32.1 Å². The Balaban J connectivity index is 2.00. The van der Waals surface area contributed by atoms with Crippen molar-refractivity contribution in [1.29, 1.82) is 0 Å². The Hall–Kier alpha value is -0.0800. The molecule has 2 aliphatic rings. The van der Waals surface area contributed by atoms with Crippen LogP contribution < -0.4 is 5.32 Å². The van der Waals surface area contributed by atoms with Gasteiger partial charge in [0.15, 0.2) is 0 Å². The average Bonchev–Trinajstić information content (AvgIpc) is 2.03. The van der Waals surface area contributed by atoms with Gasteiger partial charge in [-0.1, -0.05) is 6.42 Å². The molecule has 0 aromatic carbocycles. The zero-order valence-electron chi connectivity index (χ0n) is 7.68. The second-order valence-electron chi connectivity index (χ2n) is 4.43. The molecule has 0 spiro atoms. The molecule has 1 saturated carbocycles. The van der Waals surface area contributed by atoms with Gasteiger partial charge in [0.05, 0.1) is 6.61 Å². The Labute approximate surface area is 74.4 Å². The van der Waals surface area contributed by atoms with Crippen molar-refractivity contribution in [2.45, 2.75) is 32.1 Å². The van der Waals surface area contributed by atoms with Crippen LogP contribution in [0.25, 0.3) is 0 Å². The van der Waals surface area contributed by atoms with E-state index >= 15 is 0 Å². The number of aliphatic hydroxyl groups excluding tert-OH is 1. The Morgan fingerprint density at radius 1 is 1.33 bits per heavy atom. The number of piperidine rings is 1. The molecule has 2 rings (SSSR count). The van der Waals surface area contributed by atoms with Crippen LogP contribution in [0, 0.1) is 11.3 Å². The van der Waals surface area contributed by atoms with Gasteiger partial charge in [-0.15, -0.1) is 0 Å². The predicted octanol–water partition coefficient (Wildman–Crippen LogP) is 1.15. The average molecular weight is 169 g/mol. The molecule has 1 saturated heterocycles. The molecule has 2 nitrogen and oxygen atoms in total. The van der Waals surface area contributed by atoms with Crippen molar-refractivity contribution in [3.05, 3.63) is 0 Å². The molecule has 1 atom stereocenters. The van der Waals surface area contributed by atoms with Crippen LogP contribution in [0.1, 0.15) is 32.1 Å². The molecule has 1 heterocycles. The Bertz CT molecular complexity index is 148. The first kappa shape index (κ1) is 8.52. The van der Waals surface area contributed by atoms with Crippen LogP contribution in [-0.2, 0) is 0 Å². The highest BCUT2D eigenvalue weighted by atomic mass is 16.3. The summed E-state index contributed by atoms with van der Waals surface area (Å²) in [5, 5.41) is 12.9. The van der Waals surface area contributed by atoms with Crippen molar-refractivity contribution in [3.63, 3.8) is 0 Å². The fourth-order valence-corrected chi connectivity index (χ4v) is 2.62. The highest BCUT2D eigenvalue weighted by Crippen LogP contribution is 2.45. The van der Waals surface area contributed by atoms with Crippen LogP contribution in [0.15, 0.2) is 0 Å². The van der Waals surface area contributed by atoms with Gasteiger partial charge in [-0.05, 0) is 38.1 Å². The second-order valence-corrected chi connectivity index (χ2v) is 4.43. The zero-order chi connectivity index (χ0) is 8.44. The van der Waals surface area contributed by atoms with Gasteiger partial charge >= 0.3 is 0 Å². The summed E-state index contributed by atoms with van der Waals surface area (Å²) in [5.74, 6) is 0.815. The molecule has 0 bridgehead atoms. The van der Waals surface area contributed by atoms with Crippen molar-refractivity contribution < 1.29 is 5.11 Å². The lowest BCUT2D eigenvalue weighted by molar-refractivity contribution is -0.00145. The number of nitrogens with one attached hydrogen (secondary N) is 1. The third kappa shape index (κ3) is 1.27. The van der Waals surface area contributed by atoms with E-state index in [0.717, 1.165) is 19.0 Å². The lowest BCUT2D eigenvalue weighted by Gasteiger charge is -2.47. The third-order valence-corrected chi connectivity index (χ3v) is 3.79. The summed E-state index contributed by atoms with van der Waals surface area (Å²) in [6, 6.07) is 0. The number of aliphatic hydroxyl groups is 1. The van der Waals surface area contributed by atoms with Crippen molar-refractivity contribution in [1.82, 2.24) is 5.32 Å². The standard InChI is InChI=1S/C10H19NO/c12-8-10(9-3-1-4-9)5-2-6-11-7-10/h9,11-12H,1-8H2. The fourth-order valence-electron chi connectivity index (χ4n) is 2.62. The van der Waals surface area contributed by atoms with Gasteiger partial charge in [-0.25, -0.2) is 0 Å². The van der Waals surface area contributed by atoms with E-state index in [1.54, 1.807) is 0 Å². The SMILES string of the molecule is OCC1(C2CCC2)CCCNC1. The maximum atomic E-state index is 9.44. The Morgan fingerprint density at radius 2 is 2.17 bits per heavy atom. The topological polar surface area (TPSA) is 32.3 Å². The normalized spacial score (nSPS) is 37.8. The van der Waals surface area contributed by atoms with Crippen LogP contribution in [0.2, 0.25) is 0 Å². The number of hydrogen-bond acceptors (Lipinski definition) is 2. The first-order chi connectivity index (χ1) is 5.87. The number of hydrogen-bond donors (Lipinski definition) is 2. The van der Waals surface area contributed by atoms with E-state index in [4.69, 9.17) is 0 Å². The maximum absolute atomic E-state index is 9.44. The molecule has 1 unspecified atom stereocenters. The molecule has 2 heteroatoms. The van der Waals surface area contributed by atoms with E-state index in [1.807, 2.05) is 0 Å². The Morgan fingerprint density at radius 3 is 2.58 bits per heavy atom. The number of rotatable bonds is 2. The minimum Gasteiger partial charge on any atom is -0.396 e. The molecule has 0 amide bonds. The highest BCUT2D eigenvalue weighted by Gasteiger charge is 2.41. The maximum Gasteiger partial charge on any atom is 0.0502 e. The van der Waals surface area contributed by atoms with Crippen LogP contribution in [0.3, 0.4) is 0 Å². The minimum atomic E-state index is 0.260. The second kappa shape index (κ2) is 3.35. The molecule has 0 radical (unpaired) electrons. The van der Waals surface area contributed by atoms with Crippen molar-refractivity contribution in [2.24, 2.45) is 11.3 Å². The molecule has 0 aromatic rings. The van der Waals surface area contributed by atoms with Crippen LogP contribution in [-0.4, -0.2) is 24.8 Å². The highest BCUT2D eigenvalue weighted by molar-refractivity contribution is 4.94. The predicted molar refractivity (Wildman–Crippen MR) is 49.0 cm³/mol. The van der Waals surface area contributed by atoms with Gasteiger partial charge in [-0.3, -0.25) is 0 Å². The summed E-state index contributed by atoms with van der Waals surface area (Å²) in [5.41, 5.74) is 0.260. The van der Waals surface area contributed by atoms with Crippen LogP contribution in [0.5, 0.6) is 0 Å². The molecule has 1 aliphatic carbocycles. The zero-order valence-corrected chi connectivity index (χ0v) is 7.68. The van der Waals surface area contributed by atoms with Gasteiger partial charge < -0.3 is 10.4 Å². The first-order valence-electron chi connectivity index (χ1n) is 5.19. The summed E-state index contributed by atoms with van der Waals surface area (Å²) >= 11 is 0. The largest absolute Gasteiger partial charge is 0.396 e. The van der Waals surface area contributed by atoms with Crippen LogP contribution in [0.4, 0.5) is 0 Å². The lowest BCUT2D eigenvalue weighted by atomic mass is 9.62. The summed E-state index contributed by atoms with van der Waals surface area (Å²) in [6.07, 6.45) is 6.56. The van der Waals surface area contributed by atoms with E-state index in [9.17, 15) is 5.11 Å². The van der Waals surface area contributed by atoms with Gasteiger partial charge in [-0.2, -0.15) is 0 Å². The molecule has 0 aromatic heterocycles. The van der Waals surface area contributed by atoms with Crippen molar-refractivity contribution in [2.75, 3.05) is 19.7 Å². The summed E-state index contributed by atoms with van der Waals surface area (Å²) in [7, 11) is 0. The van der Waals surface area contributed by atoms with E-state index < -0.39 is 0 Å². The molecule has 12 heavy (non-hydrogen) atoms. The van der Waals surface area contributed by atoms with Gasteiger partial charge in [0, 0.05) is 12.0 Å². The molecule has 1 aliphatic heterocycles. The summed E-state index contributed by atoms with van der Waals surface area (Å²) in [4.78, 5) is 0. The first-order valence-corrected chi connectivity index (χ1v) is 5.19. The minimum absolute atomic E-state index is 0.260. The monoisotopic (exact) mass is 169 g/mol. The lowest BCUT2D eigenvalue weighted by Crippen LogP contribution is -2.49. The van der Waals surface area contributed by atoms with E-state index in [0.29, 0.717) is 6.61 Å². The Kier molecular flexibility index (Phi) is 2.37. The third-order valence-electron chi connectivity index (χ3n) is 3.79.